The molecule has 0 unspecified atom stereocenters. The van der Waals surface area contributed by atoms with Gasteiger partial charge in [-0.2, -0.15) is 15.2 Å². The number of aromatic nitrogens is 4. The van der Waals surface area contributed by atoms with E-state index in [9.17, 15) is 23.6 Å². The number of hydrogen-bond acceptors (Lipinski definition) is 10. The zero-order valence-electron chi connectivity index (χ0n) is 23.7. The number of hydrogen-bond donors (Lipinski definition) is 1. The number of methoxy groups -OCH3 is 2. The Morgan fingerprint density at radius 2 is 1.81 bits per heavy atom. The standard InChI is InChI=1S/C30H31N5O6S/c1-5-7-11-25-33-27(36)26(29(37)35(25)24(6-2)21-10-8-9-19(16-21)17-31)42(38,39)22-14-12-20(13-15-22)23-18-32-30(41-4)34-28(23)40-3/h8-10,12-16,18,24,37H,5-7,11H2,1-4H3/t24-/m0/s1. The van der Waals surface area contributed by atoms with E-state index in [1.807, 2.05) is 13.8 Å². The number of benzene rings is 2. The molecule has 4 aromatic rings. The van der Waals surface area contributed by atoms with Gasteiger partial charge in [-0.15, -0.1) is 0 Å². The Bertz CT molecular complexity index is 1800. The van der Waals surface area contributed by atoms with Crippen molar-refractivity contribution < 1.29 is 23.0 Å². The smallest absolute Gasteiger partial charge is 0.319 e. The molecule has 4 rings (SSSR count). The second-order valence-corrected chi connectivity index (χ2v) is 11.3. The highest BCUT2D eigenvalue weighted by molar-refractivity contribution is 7.91. The zero-order chi connectivity index (χ0) is 30.4. The summed E-state index contributed by atoms with van der Waals surface area (Å²) in [5, 5.41) is 20.9. The first-order valence-corrected chi connectivity index (χ1v) is 14.8. The molecule has 0 aliphatic carbocycles. The lowest BCUT2D eigenvalue weighted by atomic mass is 10.0. The van der Waals surface area contributed by atoms with E-state index in [1.54, 1.807) is 24.3 Å². The van der Waals surface area contributed by atoms with Gasteiger partial charge >= 0.3 is 6.01 Å². The highest BCUT2D eigenvalue weighted by Gasteiger charge is 2.32. The molecule has 0 bridgehead atoms. The van der Waals surface area contributed by atoms with Crippen molar-refractivity contribution in [2.75, 3.05) is 14.2 Å². The first-order valence-electron chi connectivity index (χ1n) is 13.3. The molecule has 12 heteroatoms. The van der Waals surface area contributed by atoms with Crippen LogP contribution < -0.4 is 15.0 Å². The minimum atomic E-state index is -4.50. The molecule has 2 aromatic heterocycles. The van der Waals surface area contributed by atoms with Crippen LogP contribution in [0.5, 0.6) is 17.8 Å². The molecule has 0 fully saturated rings. The third-order valence-corrected chi connectivity index (χ3v) is 8.63. The largest absolute Gasteiger partial charge is 0.493 e. The number of nitriles is 1. The highest BCUT2D eigenvalue weighted by atomic mass is 32.2. The van der Waals surface area contributed by atoms with Crippen LogP contribution in [0.1, 0.15) is 56.1 Å². The van der Waals surface area contributed by atoms with E-state index in [4.69, 9.17) is 9.47 Å². The van der Waals surface area contributed by atoms with Gasteiger partial charge < -0.3 is 14.6 Å². The first-order chi connectivity index (χ1) is 20.2. The van der Waals surface area contributed by atoms with Crippen LogP contribution in [0.25, 0.3) is 11.1 Å². The van der Waals surface area contributed by atoms with E-state index in [0.717, 1.165) is 6.42 Å². The first kappa shape index (κ1) is 30.2. The molecule has 218 valence electrons. The minimum Gasteiger partial charge on any atom is -0.493 e. The molecule has 42 heavy (non-hydrogen) atoms. The molecule has 0 saturated heterocycles. The van der Waals surface area contributed by atoms with Crippen molar-refractivity contribution in [2.45, 2.75) is 55.4 Å². The van der Waals surface area contributed by atoms with Crippen LogP contribution in [0, 0.1) is 11.3 Å². The van der Waals surface area contributed by atoms with Gasteiger partial charge in [0.05, 0.1) is 42.4 Å². The fourth-order valence-electron chi connectivity index (χ4n) is 4.74. The van der Waals surface area contributed by atoms with Gasteiger partial charge in [0.15, 0.2) is 4.90 Å². The van der Waals surface area contributed by atoms with Crippen molar-refractivity contribution in [3.05, 3.63) is 82.0 Å². The Hall–Kier alpha value is -4.76. The number of aryl methyl sites for hydroxylation is 1. The summed E-state index contributed by atoms with van der Waals surface area (Å²) >= 11 is 0. The minimum absolute atomic E-state index is 0.112. The molecule has 0 saturated carbocycles. The molecule has 0 spiro atoms. The summed E-state index contributed by atoms with van der Waals surface area (Å²) in [5.74, 6) is -0.185. The number of rotatable bonds is 11. The normalized spacial score (nSPS) is 12.0. The van der Waals surface area contributed by atoms with Crippen molar-refractivity contribution in [3.8, 4) is 35.0 Å². The molecule has 1 N–H and O–H groups in total. The number of unbranched alkanes of at least 4 members (excludes halogenated alkanes) is 1. The maximum absolute atomic E-state index is 13.8. The second-order valence-electron chi connectivity index (χ2n) is 9.43. The molecule has 0 amide bonds. The van der Waals surface area contributed by atoms with Gasteiger partial charge in [-0.3, -0.25) is 9.36 Å². The Kier molecular flexibility index (Phi) is 9.22. The Morgan fingerprint density at radius 3 is 2.43 bits per heavy atom. The molecule has 0 aliphatic heterocycles. The molecular formula is C30H31N5O6S. The monoisotopic (exact) mass is 589 g/mol. The van der Waals surface area contributed by atoms with Crippen LogP contribution in [0.4, 0.5) is 0 Å². The molecule has 1 atom stereocenters. The van der Waals surface area contributed by atoms with Crippen molar-refractivity contribution >= 4 is 9.84 Å². The van der Waals surface area contributed by atoms with Gasteiger partial charge in [-0.25, -0.2) is 13.4 Å². The Morgan fingerprint density at radius 1 is 1.07 bits per heavy atom. The van der Waals surface area contributed by atoms with E-state index in [0.29, 0.717) is 41.5 Å². The van der Waals surface area contributed by atoms with Gasteiger partial charge in [-0.05, 0) is 48.2 Å². The van der Waals surface area contributed by atoms with Crippen LogP contribution in [0.2, 0.25) is 0 Å². The summed E-state index contributed by atoms with van der Waals surface area (Å²) in [6.45, 7) is 3.85. The van der Waals surface area contributed by atoms with Crippen LogP contribution >= 0.6 is 0 Å². The summed E-state index contributed by atoms with van der Waals surface area (Å²) in [5.41, 5.74) is 1.12. The molecule has 0 radical (unpaired) electrons. The van der Waals surface area contributed by atoms with E-state index in [2.05, 4.69) is 21.0 Å². The highest BCUT2D eigenvalue weighted by Crippen LogP contribution is 2.35. The van der Waals surface area contributed by atoms with E-state index < -0.39 is 32.2 Å². The van der Waals surface area contributed by atoms with Crippen LogP contribution in [-0.4, -0.2) is 47.3 Å². The van der Waals surface area contributed by atoms with Gasteiger partial charge in [0.1, 0.15) is 5.82 Å². The summed E-state index contributed by atoms with van der Waals surface area (Å²) < 4.78 is 39.4. The van der Waals surface area contributed by atoms with Crippen molar-refractivity contribution in [2.24, 2.45) is 0 Å². The van der Waals surface area contributed by atoms with Crippen LogP contribution in [0.15, 0.2) is 69.3 Å². The fraction of sp³-hybridized carbons (Fsp3) is 0.300. The van der Waals surface area contributed by atoms with Gasteiger partial charge in [0.2, 0.25) is 21.6 Å². The third-order valence-electron chi connectivity index (χ3n) is 6.84. The third kappa shape index (κ3) is 5.82. The second kappa shape index (κ2) is 12.8. The topological polar surface area (TPSA) is 157 Å². The summed E-state index contributed by atoms with van der Waals surface area (Å²) in [7, 11) is -1.64. The van der Waals surface area contributed by atoms with E-state index in [-0.39, 0.29) is 22.6 Å². The maximum Gasteiger partial charge on any atom is 0.319 e. The molecule has 11 nitrogen and oxygen atoms in total. The molecule has 2 aromatic carbocycles. The maximum atomic E-state index is 13.8. The van der Waals surface area contributed by atoms with Gasteiger partial charge in [0, 0.05) is 12.6 Å². The lowest BCUT2D eigenvalue weighted by molar-refractivity contribution is 0.353. The van der Waals surface area contributed by atoms with E-state index >= 15 is 0 Å². The number of nitrogens with zero attached hydrogens (tertiary/aromatic N) is 5. The zero-order valence-corrected chi connectivity index (χ0v) is 24.6. The fourth-order valence-corrected chi connectivity index (χ4v) is 6.08. The average Bonchev–Trinajstić information content (AvgIpc) is 3.01. The van der Waals surface area contributed by atoms with Gasteiger partial charge in [0.25, 0.3) is 5.56 Å². The number of sulfone groups is 1. The number of aromatic hydroxyl groups is 1. The van der Waals surface area contributed by atoms with E-state index in [1.165, 1.54) is 49.2 Å². The van der Waals surface area contributed by atoms with Crippen LogP contribution in [0.3, 0.4) is 0 Å². The van der Waals surface area contributed by atoms with Crippen molar-refractivity contribution in [3.63, 3.8) is 0 Å². The molecule has 2 heterocycles. The summed E-state index contributed by atoms with van der Waals surface area (Å²) in [6.07, 6.45) is 3.75. The predicted molar refractivity (Wildman–Crippen MR) is 154 cm³/mol. The lowest BCUT2D eigenvalue weighted by Gasteiger charge is -2.25. The quantitative estimate of drug-likeness (QED) is 0.265. The SMILES string of the molecule is CCCCc1nc(=O)c(S(=O)(=O)c2ccc(-c3cnc(OC)nc3OC)cc2)c(O)n1[C@@H](CC)c1cccc(C#N)c1. The summed E-state index contributed by atoms with van der Waals surface area (Å²) in [6, 6.07) is 14.2. The van der Waals surface area contributed by atoms with Crippen molar-refractivity contribution in [1.82, 2.24) is 19.5 Å². The number of ether oxygens (including phenoxy) is 2. The van der Waals surface area contributed by atoms with Crippen LogP contribution in [-0.2, 0) is 16.3 Å². The molecule has 0 aliphatic rings. The molecular weight excluding hydrogens is 558 g/mol. The van der Waals surface area contributed by atoms with Gasteiger partial charge in [-0.1, -0.05) is 44.5 Å². The average molecular weight is 590 g/mol. The Labute approximate surface area is 244 Å². The lowest BCUT2D eigenvalue weighted by Crippen LogP contribution is -2.27. The van der Waals surface area contributed by atoms with Crippen molar-refractivity contribution in [1.29, 1.82) is 5.26 Å². The summed E-state index contributed by atoms with van der Waals surface area (Å²) in [4.78, 5) is 24.6. The Balaban J connectivity index is 1.85. The predicted octanol–water partition coefficient (Wildman–Crippen LogP) is 4.47.